The minimum atomic E-state index is 0.186. The Hall–Kier alpha value is -1.87. The molecule has 0 saturated heterocycles. The molecule has 0 radical (unpaired) electrons. The van der Waals surface area contributed by atoms with E-state index in [0.29, 0.717) is 5.37 Å². The van der Waals surface area contributed by atoms with Gasteiger partial charge in [0, 0.05) is 22.7 Å². The molecule has 1 aliphatic carbocycles. The number of fused-ring (bicyclic) bond motifs is 2. The van der Waals surface area contributed by atoms with Crippen molar-refractivity contribution in [3.05, 3.63) is 71.2 Å². The van der Waals surface area contributed by atoms with E-state index < -0.39 is 0 Å². The highest BCUT2D eigenvalue weighted by Gasteiger charge is 2.48. The zero-order valence-electron chi connectivity index (χ0n) is 13.3. The minimum Gasteiger partial charge on any atom is -0.346 e. The van der Waals surface area contributed by atoms with E-state index in [0.717, 1.165) is 0 Å². The molecule has 2 aliphatic heterocycles. The van der Waals surface area contributed by atoms with Crippen LogP contribution in [0.3, 0.4) is 0 Å². The normalized spacial score (nSPS) is 24.7. The number of nitrogens with one attached hydrogen (secondary N) is 1. The molecule has 1 fully saturated rings. The summed E-state index contributed by atoms with van der Waals surface area (Å²) in [6, 6.07) is 15.7. The average molecular weight is 320 g/mol. The average Bonchev–Trinajstić information content (AvgIpc) is 3.11. The van der Waals surface area contributed by atoms with Gasteiger partial charge in [-0.2, -0.15) is 0 Å². The van der Waals surface area contributed by atoms with Crippen molar-refractivity contribution in [1.82, 2.24) is 10.2 Å². The maximum absolute atomic E-state index is 3.48. The molecule has 0 aromatic heterocycles. The number of thioether (sulfide) groups is 1. The molecule has 116 valence electrons. The standard InChI is InChI=1S/C20H20N2S/c1-14-22-18(12-21-19(22)13-23-14)20(9-4-10-20)17-8-7-15-5-2-3-6-16(15)11-17/h2-3,5-8,11-14,21H,4,9-10H2,1H3. The smallest absolute Gasteiger partial charge is 0.117 e. The molecule has 3 aliphatic rings. The molecule has 5 rings (SSSR count). The second-order valence-electron chi connectivity index (χ2n) is 6.78. The predicted octanol–water partition coefficient (Wildman–Crippen LogP) is 4.90. The van der Waals surface area contributed by atoms with Crippen LogP contribution >= 0.6 is 11.8 Å². The first kappa shape index (κ1) is 13.6. The lowest BCUT2D eigenvalue weighted by molar-refractivity contribution is 0.233. The fraction of sp³-hybridized carbons (Fsp3) is 0.300. The summed E-state index contributed by atoms with van der Waals surface area (Å²) in [7, 11) is 0. The van der Waals surface area contributed by atoms with E-state index in [4.69, 9.17) is 0 Å². The third kappa shape index (κ3) is 1.83. The summed E-state index contributed by atoms with van der Waals surface area (Å²) in [4.78, 5) is 2.50. The Balaban J connectivity index is 1.62. The predicted molar refractivity (Wildman–Crippen MR) is 97.7 cm³/mol. The number of benzene rings is 2. The molecule has 0 spiro atoms. The third-order valence-corrected chi connectivity index (χ3v) is 6.58. The molecule has 1 unspecified atom stereocenters. The Morgan fingerprint density at radius 3 is 2.74 bits per heavy atom. The largest absolute Gasteiger partial charge is 0.346 e. The van der Waals surface area contributed by atoms with Crippen LogP contribution < -0.4 is 5.32 Å². The van der Waals surface area contributed by atoms with E-state index in [9.17, 15) is 0 Å². The molecule has 0 amide bonds. The highest BCUT2D eigenvalue weighted by atomic mass is 32.2. The van der Waals surface area contributed by atoms with Gasteiger partial charge in [-0.3, -0.25) is 0 Å². The van der Waals surface area contributed by atoms with Gasteiger partial charge in [-0.1, -0.05) is 48.9 Å². The van der Waals surface area contributed by atoms with Crippen molar-refractivity contribution in [2.24, 2.45) is 0 Å². The quantitative estimate of drug-likeness (QED) is 0.847. The summed E-state index contributed by atoms with van der Waals surface area (Å²) in [5, 5.41) is 8.90. The van der Waals surface area contributed by atoms with Crippen LogP contribution in [-0.2, 0) is 5.41 Å². The second kappa shape index (κ2) is 4.81. The molecule has 0 bridgehead atoms. The highest BCUT2D eigenvalue weighted by Crippen LogP contribution is 2.54. The molecule has 1 atom stereocenters. The summed E-state index contributed by atoms with van der Waals surface area (Å²) in [6.07, 6.45) is 6.06. The third-order valence-electron chi connectivity index (χ3n) is 5.62. The van der Waals surface area contributed by atoms with Gasteiger partial charge in [-0.15, -0.1) is 11.8 Å². The first-order chi connectivity index (χ1) is 11.3. The zero-order chi connectivity index (χ0) is 15.4. The van der Waals surface area contributed by atoms with Crippen molar-refractivity contribution in [1.29, 1.82) is 0 Å². The van der Waals surface area contributed by atoms with Gasteiger partial charge in [-0.25, -0.2) is 0 Å². The van der Waals surface area contributed by atoms with E-state index in [-0.39, 0.29) is 5.41 Å². The Kier molecular flexibility index (Phi) is 2.84. The molecule has 2 aromatic carbocycles. The van der Waals surface area contributed by atoms with Crippen LogP contribution in [0.4, 0.5) is 0 Å². The number of hydrogen-bond acceptors (Lipinski definition) is 3. The molecule has 2 aromatic rings. The maximum Gasteiger partial charge on any atom is 0.117 e. The van der Waals surface area contributed by atoms with Crippen LogP contribution in [0.1, 0.15) is 31.7 Å². The lowest BCUT2D eigenvalue weighted by Gasteiger charge is -2.46. The van der Waals surface area contributed by atoms with E-state index in [1.165, 1.54) is 47.1 Å². The van der Waals surface area contributed by atoms with E-state index >= 15 is 0 Å². The number of rotatable bonds is 2. The maximum atomic E-state index is 3.48. The molecular formula is C20H20N2S. The van der Waals surface area contributed by atoms with Crippen LogP contribution in [0.25, 0.3) is 10.8 Å². The Morgan fingerprint density at radius 2 is 1.96 bits per heavy atom. The van der Waals surface area contributed by atoms with Gasteiger partial charge in [-0.05, 0) is 36.1 Å². The van der Waals surface area contributed by atoms with Crippen molar-refractivity contribution in [2.75, 3.05) is 0 Å². The van der Waals surface area contributed by atoms with Gasteiger partial charge in [0.2, 0.25) is 0 Å². The van der Waals surface area contributed by atoms with Gasteiger partial charge < -0.3 is 10.2 Å². The molecule has 1 N–H and O–H groups in total. The molecule has 3 heteroatoms. The molecule has 2 nitrogen and oxygen atoms in total. The fourth-order valence-electron chi connectivity index (χ4n) is 4.20. The van der Waals surface area contributed by atoms with E-state index in [1.807, 2.05) is 11.8 Å². The van der Waals surface area contributed by atoms with Crippen LogP contribution in [-0.4, -0.2) is 10.3 Å². The molecular weight excluding hydrogens is 300 g/mol. The Bertz CT molecular complexity index is 848. The topological polar surface area (TPSA) is 15.3 Å². The Morgan fingerprint density at radius 1 is 1.13 bits per heavy atom. The first-order valence-corrected chi connectivity index (χ1v) is 9.34. The fourth-order valence-corrected chi connectivity index (χ4v) is 5.05. The summed E-state index contributed by atoms with van der Waals surface area (Å²) in [5.74, 6) is 1.25. The summed E-state index contributed by atoms with van der Waals surface area (Å²) in [6.45, 7) is 2.29. The van der Waals surface area contributed by atoms with Gasteiger partial charge in [0.25, 0.3) is 0 Å². The zero-order valence-corrected chi connectivity index (χ0v) is 14.1. The summed E-state index contributed by atoms with van der Waals surface area (Å²) < 4.78 is 0. The van der Waals surface area contributed by atoms with Crippen molar-refractivity contribution in [2.45, 2.75) is 37.0 Å². The lowest BCUT2D eigenvalue weighted by Crippen LogP contribution is -2.42. The summed E-state index contributed by atoms with van der Waals surface area (Å²) >= 11 is 1.90. The first-order valence-electron chi connectivity index (χ1n) is 8.39. The number of allylic oxidation sites excluding steroid dienone is 1. The minimum absolute atomic E-state index is 0.186. The number of nitrogens with zero attached hydrogens (tertiary/aromatic N) is 1. The second-order valence-corrected chi connectivity index (χ2v) is 7.97. The van der Waals surface area contributed by atoms with Gasteiger partial charge in [0.05, 0.1) is 5.37 Å². The van der Waals surface area contributed by atoms with Crippen molar-refractivity contribution < 1.29 is 0 Å². The van der Waals surface area contributed by atoms with E-state index in [2.05, 4.69) is 71.2 Å². The van der Waals surface area contributed by atoms with Gasteiger partial charge in [0.1, 0.15) is 5.82 Å². The summed E-state index contributed by atoms with van der Waals surface area (Å²) in [5.41, 5.74) is 3.12. The van der Waals surface area contributed by atoms with Gasteiger partial charge >= 0.3 is 0 Å². The molecule has 1 saturated carbocycles. The van der Waals surface area contributed by atoms with Crippen molar-refractivity contribution >= 4 is 22.5 Å². The number of hydrogen-bond donors (Lipinski definition) is 1. The highest BCUT2D eigenvalue weighted by molar-refractivity contribution is 8.02. The Labute approximate surface area is 141 Å². The lowest BCUT2D eigenvalue weighted by atomic mass is 9.62. The SMILES string of the molecule is CC1SC=C2NC=C(C3(c4ccc5ccccc5c4)CCC3)N21. The van der Waals surface area contributed by atoms with Crippen LogP contribution in [0.15, 0.2) is 65.6 Å². The van der Waals surface area contributed by atoms with Crippen molar-refractivity contribution in [3.8, 4) is 0 Å². The van der Waals surface area contributed by atoms with E-state index in [1.54, 1.807) is 0 Å². The van der Waals surface area contributed by atoms with Crippen LogP contribution in [0.2, 0.25) is 0 Å². The monoisotopic (exact) mass is 320 g/mol. The van der Waals surface area contributed by atoms with Gasteiger partial charge in [0.15, 0.2) is 0 Å². The molecule has 23 heavy (non-hydrogen) atoms. The van der Waals surface area contributed by atoms with Crippen molar-refractivity contribution in [3.63, 3.8) is 0 Å². The van der Waals surface area contributed by atoms with Crippen LogP contribution in [0, 0.1) is 0 Å². The van der Waals surface area contributed by atoms with Crippen LogP contribution in [0.5, 0.6) is 0 Å². The molecule has 2 heterocycles.